The van der Waals surface area contributed by atoms with E-state index in [4.69, 9.17) is 4.74 Å². The second-order valence-electron chi connectivity index (χ2n) is 4.81. The van der Waals surface area contributed by atoms with E-state index >= 15 is 0 Å². The van der Waals surface area contributed by atoms with Gasteiger partial charge in [-0.25, -0.2) is 0 Å². The SMILES string of the molecule is COCc1cn(C[C@@H]2CC[C@@H]3CN2C(=O)[N-]3)nn1.[Na+]. The van der Waals surface area contributed by atoms with Crippen molar-refractivity contribution in [3.05, 3.63) is 17.2 Å². The predicted octanol–water partition coefficient (Wildman–Crippen LogP) is -2.23. The molecule has 2 amide bonds. The molecular weight excluding hydrogens is 257 g/mol. The van der Waals surface area contributed by atoms with Gasteiger partial charge in [-0.15, -0.1) is 5.10 Å². The van der Waals surface area contributed by atoms with Gasteiger partial charge in [-0.3, -0.25) is 9.48 Å². The number of nitrogens with zero attached hydrogens (tertiary/aromatic N) is 5. The molecule has 0 unspecified atom stereocenters. The average molecular weight is 273 g/mol. The van der Waals surface area contributed by atoms with Gasteiger partial charge in [-0.05, 0) is 25.0 Å². The Balaban J connectivity index is 0.00000133. The Morgan fingerprint density at radius 2 is 2.37 bits per heavy atom. The minimum Gasteiger partial charge on any atom is -0.431 e. The molecule has 3 heterocycles. The number of hydrogen-bond donors (Lipinski definition) is 0. The van der Waals surface area contributed by atoms with Crippen LogP contribution in [-0.2, 0) is 17.9 Å². The van der Waals surface area contributed by atoms with Gasteiger partial charge in [-0.1, -0.05) is 11.6 Å². The van der Waals surface area contributed by atoms with Crippen LogP contribution in [0.1, 0.15) is 18.5 Å². The Hall–Kier alpha value is -0.630. The van der Waals surface area contributed by atoms with Gasteiger partial charge in [0.15, 0.2) is 6.03 Å². The number of aromatic nitrogens is 3. The maximum atomic E-state index is 11.7. The van der Waals surface area contributed by atoms with Crippen molar-refractivity contribution in [3.63, 3.8) is 0 Å². The molecular formula is C11H16N5NaO2. The van der Waals surface area contributed by atoms with Crippen LogP contribution in [0.15, 0.2) is 6.20 Å². The van der Waals surface area contributed by atoms with Crippen molar-refractivity contribution in [1.29, 1.82) is 0 Å². The first kappa shape index (κ1) is 14.8. The Labute approximate surface area is 133 Å². The topological polar surface area (TPSA) is 74.3 Å². The van der Waals surface area contributed by atoms with Crippen molar-refractivity contribution in [2.24, 2.45) is 0 Å². The minimum absolute atomic E-state index is 0. The van der Waals surface area contributed by atoms with Crippen LogP contribution in [0.25, 0.3) is 5.32 Å². The molecule has 98 valence electrons. The van der Waals surface area contributed by atoms with Crippen molar-refractivity contribution < 1.29 is 39.1 Å². The molecule has 8 heteroatoms. The van der Waals surface area contributed by atoms with Crippen LogP contribution in [0.5, 0.6) is 0 Å². The zero-order chi connectivity index (χ0) is 12.5. The van der Waals surface area contributed by atoms with E-state index in [0.29, 0.717) is 13.2 Å². The summed E-state index contributed by atoms with van der Waals surface area (Å²) in [6.45, 7) is 1.92. The van der Waals surface area contributed by atoms with E-state index in [0.717, 1.165) is 25.1 Å². The van der Waals surface area contributed by atoms with Crippen molar-refractivity contribution in [2.45, 2.75) is 38.1 Å². The quantitative estimate of drug-likeness (QED) is 0.582. The van der Waals surface area contributed by atoms with E-state index in [9.17, 15) is 4.79 Å². The smallest absolute Gasteiger partial charge is 0.431 e. The van der Waals surface area contributed by atoms with Gasteiger partial charge in [0.2, 0.25) is 0 Å². The van der Waals surface area contributed by atoms with E-state index in [1.165, 1.54) is 0 Å². The van der Waals surface area contributed by atoms with Crippen LogP contribution in [0.3, 0.4) is 0 Å². The molecule has 0 aromatic carbocycles. The molecule has 2 saturated heterocycles. The fourth-order valence-corrected chi connectivity index (χ4v) is 2.63. The standard InChI is InChI=1S/C11H17N5O2.Na/c1-18-7-9-4-15(14-13-9)6-10-3-2-8-5-16(10)11(17)12-8;/h4,8,10H,2-3,5-7H2,1H3,(H,12,17);/q;+1/p-1/t8-,10+;/m1./s1. The third-order valence-electron chi connectivity index (χ3n) is 3.50. The van der Waals surface area contributed by atoms with Crippen molar-refractivity contribution in [1.82, 2.24) is 19.9 Å². The summed E-state index contributed by atoms with van der Waals surface area (Å²) in [6.07, 6.45) is 3.85. The van der Waals surface area contributed by atoms with E-state index < -0.39 is 0 Å². The zero-order valence-corrected chi connectivity index (χ0v) is 13.3. The first-order chi connectivity index (χ1) is 8.76. The summed E-state index contributed by atoms with van der Waals surface area (Å²) < 4.78 is 6.78. The summed E-state index contributed by atoms with van der Waals surface area (Å²) in [5.74, 6) is 0. The molecule has 0 N–H and O–H groups in total. The number of ether oxygens (including phenoxy) is 1. The van der Waals surface area contributed by atoms with Gasteiger partial charge in [-0.2, -0.15) is 0 Å². The number of rotatable bonds is 4. The summed E-state index contributed by atoms with van der Waals surface area (Å²) in [4.78, 5) is 13.5. The van der Waals surface area contributed by atoms with Crippen LogP contribution in [-0.4, -0.2) is 51.7 Å². The summed E-state index contributed by atoms with van der Waals surface area (Å²) in [5, 5.41) is 12.2. The largest absolute Gasteiger partial charge is 1.00 e. The van der Waals surface area contributed by atoms with Gasteiger partial charge < -0.3 is 15.0 Å². The molecule has 2 atom stereocenters. The maximum Gasteiger partial charge on any atom is 1.00 e. The van der Waals surface area contributed by atoms with Crippen molar-refractivity contribution in [2.75, 3.05) is 13.7 Å². The first-order valence-electron chi connectivity index (χ1n) is 6.15. The molecule has 0 spiro atoms. The maximum absolute atomic E-state index is 11.7. The second kappa shape index (κ2) is 6.21. The molecule has 1 aromatic heterocycles. The molecule has 19 heavy (non-hydrogen) atoms. The molecule has 7 nitrogen and oxygen atoms in total. The van der Waals surface area contributed by atoms with Gasteiger partial charge in [0.05, 0.1) is 12.8 Å². The summed E-state index contributed by atoms with van der Waals surface area (Å²) >= 11 is 0. The molecule has 0 aliphatic carbocycles. The molecule has 0 radical (unpaired) electrons. The Bertz CT molecular complexity index is 452. The Kier molecular flexibility index (Phi) is 4.83. The third-order valence-corrected chi connectivity index (χ3v) is 3.50. The van der Waals surface area contributed by atoms with Crippen LogP contribution < -0.4 is 29.6 Å². The van der Waals surface area contributed by atoms with Crippen LogP contribution in [0, 0.1) is 0 Å². The van der Waals surface area contributed by atoms with E-state index in [-0.39, 0.29) is 47.7 Å². The number of carbonyl (C=O) groups excluding carboxylic acids is 1. The number of hydrogen-bond acceptors (Lipinski definition) is 4. The number of urea groups is 1. The number of methoxy groups -OCH3 is 1. The fourth-order valence-electron chi connectivity index (χ4n) is 2.63. The molecule has 2 bridgehead atoms. The summed E-state index contributed by atoms with van der Waals surface area (Å²) in [5.41, 5.74) is 0.809. The van der Waals surface area contributed by atoms with Gasteiger partial charge in [0.1, 0.15) is 5.69 Å². The normalized spacial score (nSPS) is 25.1. The second-order valence-corrected chi connectivity index (χ2v) is 4.81. The molecule has 0 saturated carbocycles. The van der Waals surface area contributed by atoms with Crippen LogP contribution in [0.4, 0.5) is 4.79 Å². The Morgan fingerprint density at radius 1 is 1.53 bits per heavy atom. The van der Waals surface area contributed by atoms with E-state index in [1.807, 2.05) is 11.1 Å². The zero-order valence-electron chi connectivity index (χ0n) is 11.3. The number of piperidine rings is 1. The fraction of sp³-hybridized carbons (Fsp3) is 0.727. The van der Waals surface area contributed by atoms with Crippen LogP contribution in [0.2, 0.25) is 0 Å². The third kappa shape index (κ3) is 3.10. The van der Waals surface area contributed by atoms with E-state index in [1.54, 1.807) is 11.8 Å². The number of carbonyl (C=O) groups is 1. The summed E-state index contributed by atoms with van der Waals surface area (Å²) in [7, 11) is 1.63. The average Bonchev–Trinajstić information content (AvgIpc) is 2.90. The molecule has 1 aromatic rings. The molecule has 2 aliphatic rings. The van der Waals surface area contributed by atoms with Gasteiger partial charge in [0, 0.05) is 13.7 Å². The van der Waals surface area contributed by atoms with E-state index in [2.05, 4.69) is 15.6 Å². The molecule has 3 rings (SSSR count). The minimum atomic E-state index is -0.0697. The first-order valence-corrected chi connectivity index (χ1v) is 6.15. The molecule has 2 fully saturated rings. The number of fused-ring (bicyclic) bond motifs is 2. The summed E-state index contributed by atoms with van der Waals surface area (Å²) in [6, 6.07) is 0.338. The van der Waals surface area contributed by atoms with Crippen molar-refractivity contribution in [3.8, 4) is 0 Å². The van der Waals surface area contributed by atoms with Crippen LogP contribution >= 0.6 is 0 Å². The van der Waals surface area contributed by atoms with Gasteiger partial charge >= 0.3 is 29.6 Å². The monoisotopic (exact) mass is 273 g/mol. The Morgan fingerprint density at radius 3 is 3.16 bits per heavy atom. The predicted molar refractivity (Wildman–Crippen MR) is 63.0 cm³/mol. The van der Waals surface area contributed by atoms with Gasteiger partial charge in [0.25, 0.3) is 0 Å². The molecule has 2 aliphatic heterocycles. The number of amides is 2. The van der Waals surface area contributed by atoms with Crippen molar-refractivity contribution >= 4 is 6.03 Å².